The van der Waals surface area contributed by atoms with E-state index in [2.05, 4.69) is 0 Å². The molecule has 1 atom stereocenters. The average molecular weight is 426 g/mol. The van der Waals surface area contributed by atoms with E-state index in [-0.39, 0.29) is 16.6 Å². The largest absolute Gasteiger partial charge is 0.474 e. The molecule has 10 heteroatoms. The molecule has 2 heterocycles. The molecule has 1 amide bonds. The van der Waals surface area contributed by atoms with Crippen molar-refractivity contribution in [2.75, 3.05) is 26.2 Å². The summed E-state index contributed by atoms with van der Waals surface area (Å²) in [6.07, 6.45) is 4.68. The standard InChI is InChI=1S/C19H27N3O6S/c1-15(19(23)20-10-4-2-3-5-11-20)28-18-9-8-16(14-17(18)22(24)25)29(26,27)21-12-6-7-13-21/h8-9,14-15H,2-7,10-13H2,1H3. The molecule has 0 spiro atoms. The van der Waals surface area contributed by atoms with Crippen LogP contribution in [0, 0.1) is 10.1 Å². The van der Waals surface area contributed by atoms with Crippen molar-refractivity contribution < 1.29 is 22.9 Å². The molecule has 2 aliphatic heterocycles. The molecule has 1 unspecified atom stereocenters. The van der Waals surface area contributed by atoms with Gasteiger partial charge in [-0.1, -0.05) is 12.8 Å². The first-order valence-corrected chi connectivity index (χ1v) is 11.5. The third-order valence-electron chi connectivity index (χ3n) is 5.40. The highest BCUT2D eigenvalue weighted by molar-refractivity contribution is 7.89. The molecule has 0 aromatic heterocycles. The molecule has 9 nitrogen and oxygen atoms in total. The number of hydrogen-bond donors (Lipinski definition) is 0. The number of nitro groups is 1. The summed E-state index contributed by atoms with van der Waals surface area (Å²) in [4.78, 5) is 25.1. The zero-order chi connectivity index (χ0) is 21.0. The van der Waals surface area contributed by atoms with Crippen molar-refractivity contribution in [2.24, 2.45) is 0 Å². The number of nitrogens with zero attached hydrogens (tertiary/aromatic N) is 3. The molecule has 2 aliphatic rings. The van der Waals surface area contributed by atoms with Gasteiger partial charge in [-0.05, 0) is 44.7 Å². The first-order valence-electron chi connectivity index (χ1n) is 10.0. The SMILES string of the molecule is CC(Oc1ccc(S(=O)(=O)N2CCCC2)cc1[N+](=O)[O-])C(=O)N1CCCCCC1. The van der Waals surface area contributed by atoms with Gasteiger partial charge in [-0.2, -0.15) is 4.31 Å². The van der Waals surface area contributed by atoms with Crippen molar-refractivity contribution in [2.45, 2.75) is 56.4 Å². The van der Waals surface area contributed by atoms with Crippen LogP contribution in [-0.2, 0) is 14.8 Å². The third-order valence-corrected chi connectivity index (χ3v) is 7.29. The normalized spacial score (nSPS) is 19.6. The number of sulfonamides is 1. The summed E-state index contributed by atoms with van der Waals surface area (Å²) in [5.74, 6) is -0.319. The van der Waals surface area contributed by atoms with Crippen LogP contribution in [0.4, 0.5) is 5.69 Å². The van der Waals surface area contributed by atoms with E-state index in [4.69, 9.17) is 4.74 Å². The van der Waals surface area contributed by atoms with Crippen LogP contribution in [0.2, 0.25) is 0 Å². The minimum atomic E-state index is -3.78. The van der Waals surface area contributed by atoms with Crippen molar-refractivity contribution in [1.82, 2.24) is 9.21 Å². The second-order valence-corrected chi connectivity index (χ2v) is 9.44. The molecule has 1 aromatic carbocycles. The van der Waals surface area contributed by atoms with Crippen LogP contribution in [0.15, 0.2) is 23.1 Å². The molecule has 2 saturated heterocycles. The van der Waals surface area contributed by atoms with E-state index in [1.54, 1.807) is 11.8 Å². The van der Waals surface area contributed by atoms with Gasteiger partial charge < -0.3 is 9.64 Å². The van der Waals surface area contributed by atoms with Gasteiger partial charge in [0.15, 0.2) is 11.9 Å². The van der Waals surface area contributed by atoms with Gasteiger partial charge >= 0.3 is 5.69 Å². The van der Waals surface area contributed by atoms with Crippen molar-refractivity contribution >= 4 is 21.6 Å². The minimum Gasteiger partial charge on any atom is -0.474 e. The lowest BCUT2D eigenvalue weighted by molar-refractivity contribution is -0.386. The van der Waals surface area contributed by atoms with E-state index in [1.807, 2.05) is 0 Å². The fourth-order valence-electron chi connectivity index (χ4n) is 3.77. The van der Waals surface area contributed by atoms with E-state index in [0.717, 1.165) is 44.6 Å². The Labute approximate surface area is 170 Å². The Morgan fingerprint density at radius 2 is 1.66 bits per heavy atom. The zero-order valence-electron chi connectivity index (χ0n) is 16.6. The van der Waals surface area contributed by atoms with Gasteiger partial charge in [0, 0.05) is 32.2 Å². The maximum Gasteiger partial charge on any atom is 0.312 e. The summed E-state index contributed by atoms with van der Waals surface area (Å²) in [5.41, 5.74) is -0.458. The Bertz CT molecular complexity index is 859. The highest BCUT2D eigenvalue weighted by atomic mass is 32.2. The second-order valence-electron chi connectivity index (χ2n) is 7.50. The summed E-state index contributed by atoms with van der Waals surface area (Å²) < 4.78 is 32.3. The Kier molecular flexibility index (Phi) is 6.74. The topological polar surface area (TPSA) is 110 Å². The Morgan fingerprint density at radius 1 is 1.07 bits per heavy atom. The van der Waals surface area contributed by atoms with E-state index in [9.17, 15) is 23.3 Å². The summed E-state index contributed by atoms with van der Waals surface area (Å²) in [5, 5.41) is 11.5. The van der Waals surface area contributed by atoms with Gasteiger partial charge in [0.25, 0.3) is 5.91 Å². The molecular weight excluding hydrogens is 398 g/mol. The van der Waals surface area contributed by atoms with Gasteiger partial charge in [0.2, 0.25) is 10.0 Å². The fourth-order valence-corrected chi connectivity index (χ4v) is 5.30. The number of amides is 1. The van der Waals surface area contributed by atoms with Gasteiger partial charge in [0.1, 0.15) is 0 Å². The van der Waals surface area contributed by atoms with Gasteiger partial charge in [-0.25, -0.2) is 8.42 Å². The highest BCUT2D eigenvalue weighted by Gasteiger charge is 2.31. The quantitative estimate of drug-likeness (QED) is 0.512. The van der Waals surface area contributed by atoms with Gasteiger partial charge in [0.05, 0.1) is 9.82 Å². The Balaban J connectivity index is 1.80. The molecule has 0 saturated carbocycles. The highest BCUT2D eigenvalue weighted by Crippen LogP contribution is 2.32. The molecule has 0 bridgehead atoms. The van der Waals surface area contributed by atoms with Crippen LogP contribution in [0.3, 0.4) is 0 Å². The third kappa shape index (κ3) is 4.87. The van der Waals surface area contributed by atoms with E-state index < -0.39 is 26.7 Å². The Hall–Kier alpha value is -2.20. The number of rotatable bonds is 6. The van der Waals surface area contributed by atoms with E-state index in [1.165, 1.54) is 16.4 Å². The monoisotopic (exact) mass is 425 g/mol. The molecule has 160 valence electrons. The summed E-state index contributed by atoms with van der Waals surface area (Å²) in [7, 11) is -3.78. The van der Waals surface area contributed by atoms with E-state index >= 15 is 0 Å². The summed E-state index contributed by atoms with van der Waals surface area (Å²) in [6.45, 7) is 3.70. The number of likely N-dealkylation sites (tertiary alicyclic amines) is 1. The zero-order valence-corrected chi connectivity index (χ0v) is 17.4. The molecule has 29 heavy (non-hydrogen) atoms. The number of ether oxygens (including phenoxy) is 1. The molecule has 0 N–H and O–H groups in total. The minimum absolute atomic E-state index is 0.106. The maximum absolute atomic E-state index is 12.7. The van der Waals surface area contributed by atoms with Crippen LogP contribution in [0.5, 0.6) is 5.75 Å². The van der Waals surface area contributed by atoms with Crippen LogP contribution in [-0.4, -0.2) is 60.7 Å². The van der Waals surface area contributed by atoms with Crippen LogP contribution in [0.1, 0.15) is 45.4 Å². The first-order chi connectivity index (χ1) is 13.8. The van der Waals surface area contributed by atoms with Crippen LogP contribution in [0.25, 0.3) is 0 Å². The predicted molar refractivity (Wildman–Crippen MR) is 106 cm³/mol. The van der Waals surface area contributed by atoms with Crippen LogP contribution < -0.4 is 4.74 Å². The average Bonchev–Trinajstić information content (AvgIpc) is 3.11. The molecular formula is C19H27N3O6S. The number of benzene rings is 1. The fraction of sp³-hybridized carbons (Fsp3) is 0.632. The van der Waals surface area contributed by atoms with Crippen molar-refractivity contribution in [3.8, 4) is 5.75 Å². The first kappa shape index (κ1) is 21.5. The number of hydrogen-bond acceptors (Lipinski definition) is 6. The molecule has 0 aliphatic carbocycles. The van der Waals surface area contributed by atoms with Crippen molar-refractivity contribution in [3.63, 3.8) is 0 Å². The van der Waals surface area contributed by atoms with Crippen LogP contribution >= 0.6 is 0 Å². The van der Waals surface area contributed by atoms with E-state index in [0.29, 0.717) is 26.2 Å². The lowest BCUT2D eigenvalue weighted by Crippen LogP contribution is -2.41. The van der Waals surface area contributed by atoms with Gasteiger partial charge in [-0.3, -0.25) is 14.9 Å². The lowest BCUT2D eigenvalue weighted by Gasteiger charge is -2.24. The smallest absolute Gasteiger partial charge is 0.312 e. The number of nitro benzene ring substituents is 1. The molecule has 1 aromatic rings. The molecule has 0 radical (unpaired) electrons. The number of carbonyl (C=O) groups excluding carboxylic acids is 1. The molecule has 2 fully saturated rings. The second kappa shape index (κ2) is 9.08. The van der Waals surface area contributed by atoms with Gasteiger partial charge in [-0.15, -0.1) is 0 Å². The Morgan fingerprint density at radius 3 is 2.24 bits per heavy atom. The number of carbonyl (C=O) groups is 1. The summed E-state index contributed by atoms with van der Waals surface area (Å²) >= 11 is 0. The maximum atomic E-state index is 12.7. The van der Waals surface area contributed by atoms with Crippen molar-refractivity contribution in [3.05, 3.63) is 28.3 Å². The lowest BCUT2D eigenvalue weighted by atomic mass is 10.2. The van der Waals surface area contributed by atoms with Crippen molar-refractivity contribution in [1.29, 1.82) is 0 Å². The molecule has 3 rings (SSSR count). The predicted octanol–water partition coefficient (Wildman–Crippen LogP) is 2.55. The summed E-state index contributed by atoms with van der Waals surface area (Å²) in [6, 6.07) is 3.60.